The summed E-state index contributed by atoms with van der Waals surface area (Å²) >= 11 is 0. The van der Waals surface area contributed by atoms with Crippen molar-refractivity contribution in [2.75, 3.05) is 13.7 Å². The molecule has 7 nitrogen and oxygen atoms in total. The van der Waals surface area contributed by atoms with Gasteiger partial charge in [0.05, 0.1) is 12.7 Å². The quantitative estimate of drug-likeness (QED) is 0.602. The first-order chi connectivity index (χ1) is 14.5. The maximum Gasteiger partial charge on any atom is 0.339 e. The van der Waals surface area contributed by atoms with Crippen LogP contribution in [0.3, 0.4) is 0 Å². The van der Waals surface area contributed by atoms with Gasteiger partial charge in [-0.05, 0) is 24.1 Å². The zero-order chi connectivity index (χ0) is 21.9. The second-order valence-electron chi connectivity index (χ2n) is 6.79. The van der Waals surface area contributed by atoms with Crippen LogP contribution in [0, 0.1) is 5.92 Å². The number of carbonyl (C=O) groups excluding carboxylic acids is 3. The Kier molecular flexibility index (Phi) is 8.87. The highest BCUT2D eigenvalue weighted by atomic mass is 16.5. The first-order valence-electron chi connectivity index (χ1n) is 9.76. The van der Waals surface area contributed by atoms with Crippen LogP contribution in [0.1, 0.15) is 36.2 Å². The average molecular weight is 413 g/mol. The lowest BCUT2D eigenvalue weighted by Crippen LogP contribution is -2.47. The normalized spacial score (nSPS) is 12.4. The van der Waals surface area contributed by atoms with E-state index in [2.05, 4.69) is 5.32 Å². The number of esters is 2. The number of hydrogen-bond donors (Lipinski definition) is 1. The van der Waals surface area contributed by atoms with Gasteiger partial charge in [0.25, 0.3) is 5.91 Å². The van der Waals surface area contributed by atoms with Crippen LogP contribution < -0.4 is 10.1 Å². The summed E-state index contributed by atoms with van der Waals surface area (Å²) in [6.07, 6.45) is 0.675. The van der Waals surface area contributed by atoms with Crippen molar-refractivity contribution in [1.29, 1.82) is 0 Å². The number of ether oxygens (including phenoxy) is 3. The molecule has 7 heteroatoms. The van der Waals surface area contributed by atoms with E-state index in [1.165, 1.54) is 7.11 Å². The summed E-state index contributed by atoms with van der Waals surface area (Å²) in [6.45, 7) is 3.41. The van der Waals surface area contributed by atoms with Gasteiger partial charge in [-0.2, -0.15) is 0 Å². The number of hydrogen-bond acceptors (Lipinski definition) is 6. The maximum atomic E-state index is 12.5. The number of rotatable bonds is 10. The third kappa shape index (κ3) is 6.62. The molecule has 0 bridgehead atoms. The molecular formula is C23H27NO6. The van der Waals surface area contributed by atoms with E-state index >= 15 is 0 Å². The molecule has 0 radical (unpaired) electrons. The van der Waals surface area contributed by atoms with E-state index in [-0.39, 0.29) is 12.5 Å². The van der Waals surface area contributed by atoms with Crippen molar-refractivity contribution in [3.8, 4) is 5.75 Å². The zero-order valence-electron chi connectivity index (χ0n) is 17.4. The average Bonchev–Trinajstić information content (AvgIpc) is 2.79. The molecule has 0 aromatic heterocycles. The molecule has 160 valence electrons. The van der Waals surface area contributed by atoms with Gasteiger partial charge in [0, 0.05) is 5.56 Å². The van der Waals surface area contributed by atoms with Crippen LogP contribution in [0.4, 0.5) is 0 Å². The molecule has 0 heterocycles. The molecule has 0 fully saturated rings. The first-order valence-corrected chi connectivity index (χ1v) is 9.76. The van der Waals surface area contributed by atoms with Crippen molar-refractivity contribution in [3.05, 3.63) is 65.7 Å². The minimum absolute atomic E-state index is 0.118. The van der Waals surface area contributed by atoms with E-state index in [0.717, 1.165) is 0 Å². The number of para-hydroxylation sites is 1. The Morgan fingerprint density at radius 2 is 1.67 bits per heavy atom. The fourth-order valence-electron chi connectivity index (χ4n) is 2.74. The molecule has 0 aliphatic heterocycles. The van der Waals surface area contributed by atoms with Gasteiger partial charge in [0.2, 0.25) is 0 Å². The lowest BCUT2D eigenvalue weighted by Gasteiger charge is -2.21. The molecule has 30 heavy (non-hydrogen) atoms. The second-order valence-corrected chi connectivity index (χ2v) is 6.79. The molecule has 0 saturated carbocycles. The summed E-state index contributed by atoms with van der Waals surface area (Å²) in [7, 11) is 1.26. The Labute approximate surface area is 176 Å². The summed E-state index contributed by atoms with van der Waals surface area (Å²) in [6, 6.07) is 15.3. The highest BCUT2D eigenvalue weighted by Gasteiger charge is 2.27. The van der Waals surface area contributed by atoms with E-state index in [4.69, 9.17) is 14.2 Å². The summed E-state index contributed by atoms with van der Waals surface area (Å²) in [5.41, 5.74) is 0.950. The van der Waals surface area contributed by atoms with Gasteiger partial charge < -0.3 is 19.5 Å². The Balaban J connectivity index is 1.95. The van der Waals surface area contributed by atoms with Crippen molar-refractivity contribution in [2.45, 2.75) is 32.9 Å². The molecule has 1 N–H and O–H groups in total. The molecule has 0 unspecified atom stereocenters. The smallest absolute Gasteiger partial charge is 0.339 e. The van der Waals surface area contributed by atoms with Crippen molar-refractivity contribution in [2.24, 2.45) is 5.92 Å². The van der Waals surface area contributed by atoms with Gasteiger partial charge in [-0.15, -0.1) is 0 Å². The third-order valence-corrected chi connectivity index (χ3v) is 4.69. The molecule has 0 saturated heterocycles. The zero-order valence-corrected chi connectivity index (χ0v) is 17.4. The van der Waals surface area contributed by atoms with Crippen molar-refractivity contribution >= 4 is 17.8 Å². The number of amides is 1. The monoisotopic (exact) mass is 413 g/mol. The molecule has 0 aliphatic rings. The highest BCUT2D eigenvalue weighted by Crippen LogP contribution is 2.16. The molecule has 2 aromatic carbocycles. The second kappa shape index (κ2) is 11.6. The minimum atomic E-state index is -0.794. The number of methoxy groups -OCH3 is 1. The maximum absolute atomic E-state index is 12.5. The van der Waals surface area contributed by atoms with E-state index in [1.807, 2.05) is 44.2 Å². The Morgan fingerprint density at radius 3 is 2.33 bits per heavy atom. The van der Waals surface area contributed by atoms with Crippen molar-refractivity contribution in [1.82, 2.24) is 5.32 Å². The van der Waals surface area contributed by atoms with Gasteiger partial charge in [-0.1, -0.05) is 56.7 Å². The molecule has 2 aromatic rings. The van der Waals surface area contributed by atoms with Crippen LogP contribution in [0.15, 0.2) is 54.6 Å². The standard InChI is InChI=1S/C23H27NO6/c1-4-16(2)21(23(27)28-3)24-20(25)15-30-22(26)19-13-9-8-10-17(19)14-29-18-11-6-5-7-12-18/h5-13,16,21H,4,14-15H2,1-3H3,(H,24,25)/t16-,21+/m1/s1. The molecule has 0 spiro atoms. The van der Waals surface area contributed by atoms with Crippen LogP contribution in [-0.2, 0) is 25.7 Å². The summed E-state index contributed by atoms with van der Waals surface area (Å²) in [4.78, 5) is 36.6. The summed E-state index contributed by atoms with van der Waals surface area (Å²) in [5, 5.41) is 2.57. The SMILES string of the molecule is CC[C@@H](C)[C@H](NC(=O)COC(=O)c1ccccc1COc1ccccc1)C(=O)OC. The van der Waals surface area contributed by atoms with Gasteiger partial charge in [0.15, 0.2) is 6.61 Å². The van der Waals surface area contributed by atoms with Crippen LogP contribution in [0.5, 0.6) is 5.75 Å². The lowest BCUT2D eigenvalue weighted by molar-refractivity contribution is -0.147. The largest absolute Gasteiger partial charge is 0.489 e. The topological polar surface area (TPSA) is 90.9 Å². The van der Waals surface area contributed by atoms with E-state index < -0.39 is 30.5 Å². The van der Waals surface area contributed by atoms with Crippen LogP contribution in [-0.4, -0.2) is 37.6 Å². The highest BCUT2D eigenvalue weighted by molar-refractivity contribution is 5.93. The molecule has 2 rings (SSSR count). The van der Waals surface area contributed by atoms with Gasteiger partial charge in [-0.25, -0.2) is 9.59 Å². The third-order valence-electron chi connectivity index (χ3n) is 4.69. The van der Waals surface area contributed by atoms with E-state index in [0.29, 0.717) is 23.3 Å². The number of benzene rings is 2. The molecular weight excluding hydrogens is 386 g/mol. The lowest BCUT2D eigenvalue weighted by atomic mass is 9.99. The van der Waals surface area contributed by atoms with Gasteiger partial charge in [0.1, 0.15) is 18.4 Å². The van der Waals surface area contributed by atoms with Crippen molar-refractivity contribution < 1.29 is 28.6 Å². The predicted octanol–water partition coefficient (Wildman–Crippen LogP) is 3.13. The van der Waals surface area contributed by atoms with Crippen LogP contribution in [0.25, 0.3) is 0 Å². The summed E-state index contributed by atoms with van der Waals surface area (Å²) < 4.78 is 15.6. The summed E-state index contributed by atoms with van der Waals surface area (Å²) in [5.74, 6) is -1.19. The van der Waals surface area contributed by atoms with Crippen LogP contribution in [0.2, 0.25) is 0 Å². The van der Waals surface area contributed by atoms with Gasteiger partial charge in [-0.3, -0.25) is 4.79 Å². The molecule has 1 amide bonds. The molecule has 2 atom stereocenters. The predicted molar refractivity (Wildman–Crippen MR) is 111 cm³/mol. The first kappa shape index (κ1) is 22.9. The Morgan fingerprint density at radius 1 is 1.00 bits per heavy atom. The number of carbonyl (C=O) groups is 3. The van der Waals surface area contributed by atoms with Gasteiger partial charge >= 0.3 is 11.9 Å². The van der Waals surface area contributed by atoms with Crippen LogP contribution >= 0.6 is 0 Å². The fraction of sp³-hybridized carbons (Fsp3) is 0.348. The Bertz CT molecular complexity index is 852. The number of nitrogens with one attached hydrogen (secondary N) is 1. The fourth-order valence-corrected chi connectivity index (χ4v) is 2.74. The minimum Gasteiger partial charge on any atom is -0.489 e. The Hall–Kier alpha value is -3.35. The van der Waals surface area contributed by atoms with Crippen molar-refractivity contribution in [3.63, 3.8) is 0 Å². The van der Waals surface area contributed by atoms with E-state index in [1.54, 1.807) is 24.3 Å². The molecule has 0 aliphatic carbocycles. The van der Waals surface area contributed by atoms with E-state index in [9.17, 15) is 14.4 Å².